The number of rotatable bonds is 16. The van der Waals surface area contributed by atoms with Gasteiger partial charge in [-0.05, 0) is 75.2 Å². The van der Waals surface area contributed by atoms with E-state index in [0.717, 1.165) is 41.6 Å². The number of nitriles is 1. The predicted molar refractivity (Wildman–Crippen MR) is 192 cm³/mol. The molecule has 0 radical (unpaired) electrons. The number of fused-ring (bicyclic) bond motifs is 1. The molecule has 1 aliphatic rings. The molecule has 0 amide bonds. The minimum absolute atomic E-state index is 0.0317. The second-order valence-electron chi connectivity index (χ2n) is 12.7. The topological polar surface area (TPSA) is 137 Å². The molecule has 4 aromatic rings. The van der Waals surface area contributed by atoms with E-state index in [0.29, 0.717) is 57.0 Å². The van der Waals surface area contributed by atoms with E-state index in [4.69, 9.17) is 37.4 Å². The largest absolute Gasteiger partial charge is 0.492 e. The Hall–Kier alpha value is -4.37. The van der Waals surface area contributed by atoms with E-state index >= 15 is 0 Å². The number of pyridine rings is 1. The molecule has 1 aliphatic carbocycles. The standard InChI is InChI=1S/C38H40Cl2N4O6/c1-38(23-45,37(46)47)43-21-26-16-31(39)35(17-34(26)49-22-25-15-24(18-41)19-42-20-25)50-32-12-11-28-27(7-4-8-29(28)32)30-9-5-10-33(36(30)40)48-14-6-13-44(2)3/h4-5,7-10,15-17,19-20,32,43,45H,6,11-14,21-23H2,1-3H3,(H,46,47)/t32-,38-/m0/s1. The number of aliphatic hydroxyl groups is 1. The molecular formula is C38H40Cl2N4O6. The van der Waals surface area contributed by atoms with Gasteiger partial charge in [0.1, 0.15) is 41.6 Å². The molecule has 1 aromatic heterocycles. The van der Waals surface area contributed by atoms with Gasteiger partial charge in [0.25, 0.3) is 0 Å². The van der Waals surface area contributed by atoms with Gasteiger partial charge in [-0.2, -0.15) is 5.26 Å². The normalized spacial score (nSPS) is 14.9. The Labute approximate surface area is 302 Å². The van der Waals surface area contributed by atoms with Crippen LogP contribution in [0.25, 0.3) is 11.1 Å². The van der Waals surface area contributed by atoms with Crippen LogP contribution in [0.1, 0.15) is 53.7 Å². The molecule has 0 unspecified atom stereocenters. The molecule has 1 heterocycles. The van der Waals surface area contributed by atoms with Crippen molar-refractivity contribution in [1.82, 2.24) is 15.2 Å². The minimum atomic E-state index is -1.59. The van der Waals surface area contributed by atoms with Gasteiger partial charge in [-0.1, -0.05) is 53.5 Å². The van der Waals surface area contributed by atoms with Crippen molar-refractivity contribution in [2.24, 2.45) is 0 Å². The van der Waals surface area contributed by atoms with Crippen LogP contribution in [0.3, 0.4) is 0 Å². The summed E-state index contributed by atoms with van der Waals surface area (Å²) in [7, 11) is 4.06. The molecule has 2 atom stereocenters. The molecule has 3 aromatic carbocycles. The fraction of sp³-hybridized carbons (Fsp3) is 0.342. The van der Waals surface area contributed by atoms with Crippen LogP contribution in [-0.4, -0.2) is 65.5 Å². The number of nitrogens with zero attached hydrogens (tertiary/aromatic N) is 3. The summed E-state index contributed by atoms with van der Waals surface area (Å²) >= 11 is 13.7. The molecule has 262 valence electrons. The van der Waals surface area contributed by atoms with E-state index in [-0.39, 0.29) is 19.3 Å². The molecule has 0 fully saturated rings. The molecule has 50 heavy (non-hydrogen) atoms. The Morgan fingerprint density at radius 2 is 1.86 bits per heavy atom. The van der Waals surface area contributed by atoms with Crippen molar-refractivity contribution >= 4 is 29.2 Å². The third-order valence-electron chi connectivity index (χ3n) is 8.64. The van der Waals surface area contributed by atoms with Crippen molar-refractivity contribution in [2.45, 2.75) is 51.0 Å². The average molecular weight is 720 g/mol. The van der Waals surface area contributed by atoms with Gasteiger partial charge in [0, 0.05) is 48.2 Å². The molecule has 0 saturated carbocycles. The van der Waals surface area contributed by atoms with Gasteiger partial charge < -0.3 is 29.3 Å². The number of carboxylic acid groups (broad SMARTS) is 1. The quantitative estimate of drug-likeness (QED) is 0.106. The van der Waals surface area contributed by atoms with Crippen LogP contribution in [0.2, 0.25) is 10.0 Å². The first-order chi connectivity index (χ1) is 24.0. The Kier molecular flexibility index (Phi) is 12.2. The number of aromatic nitrogens is 1. The third kappa shape index (κ3) is 8.67. The lowest BCUT2D eigenvalue weighted by atomic mass is 9.96. The molecule has 10 nitrogen and oxygen atoms in total. The Morgan fingerprint density at radius 1 is 1.08 bits per heavy atom. The van der Waals surface area contributed by atoms with Crippen molar-refractivity contribution in [3.63, 3.8) is 0 Å². The number of aliphatic carboxylic acids is 1. The SMILES string of the molecule is CN(C)CCCOc1cccc(-c2cccc3c2CC[C@@H]3Oc2cc(OCc3cncc(C#N)c3)c(CN[C@@](C)(CO)C(=O)O)cc2Cl)c1Cl. The Bertz CT molecular complexity index is 1880. The van der Waals surface area contributed by atoms with Crippen LogP contribution in [0.15, 0.2) is 67.0 Å². The second-order valence-corrected chi connectivity index (χ2v) is 13.4. The van der Waals surface area contributed by atoms with E-state index in [2.05, 4.69) is 27.3 Å². The van der Waals surface area contributed by atoms with E-state index in [1.165, 1.54) is 13.1 Å². The number of carbonyl (C=O) groups is 1. The lowest BCUT2D eigenvalue weighted by Gasteiger charge is -2.25. The molecule has 3 N–H and O–H groups in total. The van der Waals surface area contributed by atoms with E-state index in [1.54, 1.807) is 24.4 Å². The number of ether oxygens (including phenoxy) is 3. The summed E-state index contributed by atoms with van der Waals surface area (Å²) in [6.07, 6.45) is 5.12. The number of aliphatic hydroxyl groups excluding tert-OH is 1. The summed E-state index contributed by atoms with van der Waals surface area (Å²) < 4.78 is 18.8. The molecule has 12 heteroatoms. The zero-order valence-corrected chi connectivity index (χ0v) is 29.7. The highest BCUT2D eigenvalue weighted by Crippen LogP contribution is 2.45. The van der Waals surface area contributed by atoms with Crippen molar-refractivity contribution in [3.8, 4) is 34.4 Å². The molecule has 5 rings (SSSR count). The number of halogens is 2. The summed E-state index contributed by atoms with van der Waals surface area (Å²) in [5.41, 5.74) is 4.12. The van der Waals surface area contributed by atoms with Gasteiger partial charge in [0.2, 0.25) is 0 Å². The first-order valence-electron chi connectivity index (χ1n) is 16.3. The third-order valence-corrected chi connectivity index (χ3v) is 9.32. The fourth-order valence-electron chi connectivity index (χ4n) is 5.75. The van der Waals surface area contributed by atoms with Crippen LogP contribution < -0.4 is 19.5 Å². The highest BCUT2D eigenvalue weighted by atomic mass is 35.5. The summed E-state index contributed by atoms with van der Waals surface area (Å²) in [5.74, 6) is 0.240. The van der Waals surface area contributed by atoms with Crippen molar-refractivity contribution in [2.75, 3.05) is 33.9 Å². The highest BCUT2D eigenvalue weighted by molar-refractivity contribution is 6.35. The Balaban J connectivity index is 1.40. The average Bonchev–Trinajstić information content (AvgIpc) is 3.52. The minimum Gasteiger partial charge on any atom is -0.492 e. The lowest BCUT2D eigenvalue weighted by Crippen LogP contribution is -2.52. The van der Waals surface area contributed by atoms with Gasteiger partial charge in [-0.3, -0.25) is 15.1 Å². The zero-order chi connectivity index (χ0) is 35.8. The second kappa shape index (κ2) is 16.6. The monoisotopic (exact) mass is 718 g/mol. The number of hydrogen-bond donors (Lipinski definition) is 3. The smallest absolute Gasteiger partial charge is 0.326 e. The summed E-state index contributed by atoms with van der Waals surface area (Å²) in [5, 5.41) is 32.5. The molecule has 0 bridgehead atoms. The van der Waals surface area contributed by atoms with Crippen molar-refractivity contribution in [3.05, 3.63) is 105 Å². The molecule has 0 spiro atoms. The van der Waals surface area contributed by atoms with Crippen LogP contribution in [0, 0.1) is 11.3 Å². The maximum Gasteiger partial charge on any atom is 0.326 e. The fourth-order valence-corrected chi connectivity index (χ4v) is 6.27. The number of nitrogens with one attached hydrogen (secondary N) is 1. The predicted octanol–water partition coefficient (Wildman–Crippen LogP) is 6.83. The van der Waals surface area contributed by atoms with Gasteiger partial charge in [-0.15, -0.1) is 0 Å². The van der Waals surface area contributed by atoms with Crippen LogP contribution in [-0.2, 0) is 24.4 Å². The van der Waals surface area contributed by atoms with Crippen LogP contribution >= 0.6 is 23.2 Å². The van der Waals surface area contributed by atoms with Gasteiger partial charge in [-0.25, -0.2) is 0 Å². The number of benzene rings is 3. The lowest BCUT2D eigenvalue weighted by molar-refractivity contribution is -0.145. The van der Waals surface area contributed by atoms with Crippen LogP contribution in [0.5, 0.6) is 17.2 Å². The molecule has 0 saturated heterocycles. The maximum absolute atomic E-state index is 11.8. The summed E-state index contributed by atoms with van der Waals surface area (Å²) in [4.78, 5) is 18.0. The molecule has 0 aliphatic heterocycles. The Morgan fingerprint density at radius 3 is 2.60 bits per heavy atom. The molecular weight excluding hydrogens is 679 g/mol. The summed E-state index contributed by atoms with van der Waals surface area (Å²) in [6.45, 7) is 2.37. The van der Waals surface area contributed by atoms with Gasteiger partial charge in [0.15, 0.2) is 0 Å². The van der Waals surface area contributed by atoms with E-state index in [9.17, 15) is 20.3 Å². The first kappa shape index (κ1) is 36.9. The zero-order valence-electron chi connectivity index (χ0n) is 28.2. The number of carboxylic acids is 1. The van der Waals surface area contributed by atoms with Crippen LogP contribution in [0.4, 0.5) is 0 Å². The van der Waals surface area contributed by atoms with Gasteiger partial charge >= 0.3 is 5.97 Å². The number of hydrogen-bond acceptors (Lipinski definition) is 9. The maximum atomic E-state index is 11.8. The van der Waals surface area contributed by atoms with E-state index in [1.807, 2.05) is 44.4 Å². The summed E-state index contributed by atoms with van der Waals surface area (Å²) in [6, 6.07) is 19.0. The van der Waals surface area contributed by atoms with Crippen molar-refractivity contribution in [1.29, 1.82) is 5.26 Å². The highest BCUT2D eigenvalue weighted by Gasteiger charge is 2.33. The van der Waals surface area contributed by atoms with Crippen molar-refractivity contribution < 1.29 is 29.2 Å². The van der Waals surface area contributed by atoms with Gasteiger partial charge in [0.05, 0.1) is 28.8 Å². The first-order valence-corrected chi connectivity index (χ1v) is 17.0. The van der Waals surface area contributed by atoms with E-state index < -0.39 is 18.1 Å².